The smallest absolute Gasteiger partial charge is 0.225 e. The van der Waals surface area contributed by atoms with Crippen LogP contribution < -0.4 is 5.73 Å². The molecule has 0 radical (unpaired) electrons. The molecule has 3 aliphatic rings. The molecule has 2 unspecified atom stereocenters. The van der Waals surface area contributed by atoms with Crippen LogP contribution in [0.15, 0.2) is 0 Å². The van der Waals surface area contributed by atoms with E-state index in [1.54, 1.807) is 0 Å². The van der Waals surface area contributed by atoms with Gasteiger partial charge in [0, 0.05) is 36.6 Å². The number of carbonyl (C=O) groups is 1. The maximum Gasteiger partial charge on any atom is 0.225 e. The summed E-state index contributed by atoms with van der Waals surface area (Å²) in [5.41, 5.74) is 6.30. The first-order valence-corrected chi connectivity index (χ1v) is 8.53. The van der Waals surface area contributed by atoms with E-state index < -0.39 is 0 Å². The number of hydrogen-bond donors (Lipinski definition) is 1. The first kappa shape index (κ1) is 12.8. The number of fused-ring (bicyclic) bond motifs is 2. The van der Waals surface area contributed by atoms with Crippen LogP contribution in [0, 0.1) is 17.8 Å². The molecule has 4 heteroatoms. The van der Waals surface area contributed by atoms with Crippen LogP contribution in [-0.4, -0.2) is 41.4 Å². The summed E-state index contributed by atoms with van der Waals surface area (Å²) in [6.45, 7) is 1.92. The SMILES string of the molecule is NC1C2CCCC1CC(C(=O)N1CCSCC1)C2. The van der Waals surface area contributed by atoms with Crippen molar-refractivity contribution in [3.63, 3.8) is 0 Å². The molecule has 1 heterocycles. The number of amides is 1. The Morgan fingerprint density at radius 3 is 2.33 bits per heavy atom. The number of thioether (sulfide) groups is 1. The molecule has 0 aromatic rings. The molecule has 3 rings (SSSR count). The average Bonchev–Trinajstić information content (AvgIpc) is 2.38. The molecule has 1 aliphatic heterocycles. The molecule has 1 amide bonds. The minimum Gasteiger partial charge on any atom is -0.341 e. The zero-order chi connectivity index (χ0) is 12.5. The third-order valence-corrected chi connectivity index (χ3v) is 6.03. The summed E-state index contributed by atoms with van der Waals surface area (Å²) in [6.07, 6.45) is 5.93. The van der Waals surface area contributed by atoms with E-state index in [0.29, 0.717) is 23.8 Å². The van der Waals surface area contributed by atoms with Gasteiger partial charge in [-0.25, -0.2) is 0 Å². The van der Waals surface area contributed by atoms with Gasteiger partial charge in [0.25, 0.3) is 0 Å². The van der Waals surface area contributed by atoms with Gasteiger partial charge in [-0.2, -0.15) is 11.8 Å². The fourth-order valence-corrected chi connectivity index (χ4v) is 4.94. The van der Waals surface area contributed by atoms with Crippen molar-refractivity contribution < 1.29 is 4.79 Å². The summed E-state index contributed by atoms with van der Waals surface area (Å²) in [7, 11) is 0. The topological polar surface area (TPSA) is 46.3 Å². The Balaban J connectivity index is 1.64. The first-order chi connectivity index (χ1) is 8.75. The van der Waals surface area contributed by atoms with Gasteiger partial charge in [0.1, 0.15) is 0 Å². The molecular formula is C14H24N2OS. The predicted molar refractivity (Wildman–Crippen MR) is 75.4 cm³/mol. The highest BCUT2D eigenvalue weighted by Gasteiger charge is 2.41. The lowest BCUT2D eigenvalue weighted by molar-refractivity contribution is -0.138. The van der Waals surface area contributed by atoms with E-state index in [1.807, 2.05) is 11.8 Å². The maximum absolute atomic E-state index is 12.6. The van der Waals surface area contributed by atoms with Crippen molar-refractivity contribution in [1.29, 1.82) is 0 Å². The number of nitrogens with two attached hydrogens (primary N) is 1. The van der Waals surface area contributed by atoms with Crippen molar-refractivity contribution >= 4 is 17.7 Å². The Morgan fingerprint density at radius 2 is 1.72 bits per heavy atom. The number of hydrogen-bond acceptors (Lipinski definition) is 3. The van der Waals surface area contributed by atoms with Crippen LogP contribution in [0.4, 0.5) is 0 Å². The quantitative estimate of drug-likeness (QED) is 0.787. The highest BCUT2D eigenvalue weighted by atomic mass is 32.2. The summed E-state index contributed by atoms with van der Waals surface area (Å²) >= 11 is 1.97. The van der Waals surface area contributed by atoms with Gasteiger partial charge in [0.15, 0.2) is 0 Å². The molecule has 0 spiro atoms. The third kappa shape index (κ3) is 2.42. The second-order valence-electron chi connectivity index (χ2n) is 6.13. The Labute approximate surface area is 114 Å². The summed E-state index contributed by atoms with van der Waals surface area (Å²) in [5, 5.41) is 0. The monoisotopic (exact) mass is 268 g/mol. The van der Waals surface area contributed by atoms with Gasteiger partial charge < -0.3 is 10.6 Å². The van der Waals surface area contributed by atoms with E-state index in [9.17, 15) is 4.79 Å². The fraction of sp³-hybridized carbons (Fsp3) is 0.929. The number of carbonyl (C=O) groups excluding carboxylic acids is 1. The molecule has 0 aromatic heterocycles. The van der Waals surface area contributed by atoms with E-state index >= 15 is 0 Å². The Hall–Kier alpha value is -0.220. The predicted octanol–water partition coefficient (Wildman–Crippen LogP) is 1.72. The lowest BCUT2D eigenvalue weighted by Gasteiger charge is -2.44. The molecule has 2 bridgehead atoms. The second kappa shape index (κ2) is 5.41. The van der Waals surface area contributed by atoms with Crippen LogP contribution in [0.3, 0.4) is 0 Å². The van der Waals surface area contributed by atoms with E-state index in [0.717, 1.165) is 37.4 Å². The van der Waals surface area contributed by atoms with E-state index in [2.05, 4.69) is 4.90 Å². The van der Waals surface area contributed by atoms with Gasteiger partial charge in [-0.1, -0.05) is 6.42 Å². The van der Waals surface area contributed by atoms with Crippen molar-refractivity contribution in [1.82, 2.24) is 4.90 Å². The van der Waals surface area contributed by atoms with Crippen LogP contribution in [0.5, 0.6) is 0 Å². The molecular weight excluding hydrogens is 244 g/mol. The highest BCUT2D eigenvalue weighted by molar-refractivity contribution is 7.99. The lowest BCUT2D eigenvalue weighted by atomic mass is 9.65. The molecule has 102 valence electrons. The van der Waals surface area contributed by atoms with Gasteiger partial charge in [0.2, 0.25) is 5.91 Å². The summed E-state index contributed by atoms with van der Waals surface area (Å²) in [6, 6.07) is 0.375. The molecule has 2 atom stereocenters. The standard InChI is InChI=1S/C14H24N2OS/c15-13-10-2-1-3-11(13)9-12(8-10)14(17)16-4-6-18-7-5-16/h10-13H,1-9,15H2. The third-order valence-electron chi connectivity index (χ3n) is 5.09. The van der Waals surface area contributed by atoms with Gasteiger partial charge in [-0.05, 0) is 37.5 Å². The normalized spacial score (nSPS) is 40.6. The maximum atomic E-state index is 12.6. The number of nitrogens with zero attached hydrogens (tertiary/aromatic N) is 1. The summed E-state index contributed by atoms with van der Waals surface area (Å²) in [5.74, 6) is 4.17. The minimum atomic E-state index is 0.281. The van der Waals surface area contributed by atoms with E-state index in [1.165, 1.54) is 19.3 Å². The van der Waals surface area contributed by atoms with Crippen LogP contribution in [-0.2, 0) is 4.79 Å². The Kier molecular flexibility index (Phi) is 3.85. The average molecular weight is 268 g/mol. The highest BCUT2D eigenvalue weighted by Crippen LogP contribution is 2.42. The van der Waals surface area contributed by atoms with Crippen LogP contribution in [0.1, 0.15) is 32.1 Å². The molecule has 2 N–H and O–H groups in total. The van der Waals surface area contributed by atoms with Crippen molar-refractivity contribution in [2.75, 3.05) is 24.6 Å². The van der Waals surface area contributed by atoms with Gasteiger partial charge in [-0.3, -0.25) is 4.79 Å². The molecule has 2 saturated carbocycles. The minimum absolute atomic E-state index is 0.281. The molecule has 3 fully saturated rings. The number of rotatable bonds is 1. The van der Waals surface area contributed by atoms with Crippen molar-refractivity contribution in [3.8, 4) is 0 Å². The van der Waals surface area contributed by atoms with Gasteiger partial charge in [-0.15, -0.1) is 0 Å². The molecule has 3 nitrogen and oxygen atoms in total. The van der Waals surface area contributed by atoms with Crippen LogP contribution >= 0.6 is 11.8 Å². The first-order valence-electron chi connectivity index (χ1n) is 7.38. The zero-order valence-electron chi connectivity index (χ0n) is 11.0. The Bertz CT molecular complexity index is 303. The molecule has 1 saturated heterocycles. The largest absolute Gasteiger partial charge is 0.341 e. The van der Waals surface area contributed by atoms with Crippen molar-refractivity contribution in [3.05, 3.63) is 0 Å². The summed E-state index contributed by atoms with van der Waals surface area (Å²) in [4.78, 5) is 14.7. The fourth-order valence-electron chi connectivity index (χ4n) is 4.03. The molecule has 2 aliphatic carbocycles. The van der Waals surface area contributed by atoms with Crippen LogP contribution in [0.25, 0.3) is 0 Å². The molecule has 18 heavy (non-hydrogen) atoms. The van der Waals surface area contributed by atoms with E-state index in [-0.39, 0.29) is 5.92 Å². The lowest BCUT2D eigenvalue weighted by Crippen LogP contribution is -2.50. The zero-order valence-corrected chi connectivity index (χ0v) is 11.8. The summed E-state index contributed by atoms with van der Waals surface area (Å²) < 4.78 is 0. The van der Waals surface area contributed by atoms with Crippen molar-refractivity contribution in [2.45, 2.75) is 38.1 Å². The van der Waals surface area contributed by atoms with Gasteiger partial charge >= 0.3 is 0 Å². The second-order valence-corrected chi connectivity index (χ2v) is 7.36. The van der Waals surface area contributed by atoms with Crippen LogP contribution in [0.2, 0.25) is 0 Å². The van der Waals surface area contributed by atoms with Crippen molar-refractivity contribution in [2.24, 2.45) is 23.5 Å². The van der Waals surface area contributed by atoms with Gasteiger partial charge in [0.05, 0.1) is 0 Å². The Morgan fingerprint density at radius 1 is 1.11 bits per heavy atom. The van der Waals surface area contributed by atoms with E-state index in [4.69, 9.17) is 5.73 Å². The molecule has 0 aromatic carbocycles.